The third kappa shape index (κ3) is 2.87. The van der Waals surface area contributed by atoms with Crippen LogP contribution in [0.3, 0.4) is 0 Å². The highest BCUT2D eigenvalue weighted by molar-refractivity contribution is 6.32. The Kier molecular flexibility index (Phi) is 4.89. The second-order valence-corrected chi connectivity index (χ2v) is 10.8. The van der Waals surface area contributed by atoms with E-state index in [0.29, 0.717) is 0 Å². The summed E-state index contributed by atoms with van der Waals surface area (Å²) in [5.41, 5.74) is 12.8. The Morgan fingerprint density at radius 2 is 1.53 bits per heavy atom. The molecule has 0 saturated heterocycles. The topological polar surface area (TPSA) is 3.24 Å². The van der Waals surface area contributed by atoms with Crippen LogP contribution in [0.5, 0.6) is 0 Å². The van der Waals surface area contributed by atoms with Gasteiger partial charge in [0.15, 0.2) is 0 Å². The summed E-state index contributed by atoms with van der Waals surface area (Å²) in [6, 6.07) is 26.4. The minimum atomic E-state index is -0.368. The van der Waals surface area contributed by atoms with Gasteiger partial charge in [-0.2, -0.15) is 0 Å². The van der Waals surface area contributed by atoms with Crippen LogP contribution < -0.4 is 4.90 Å². The van der Waals surface area contributed by atoms with Gasteiger partial charge in [-0.1, -0.05) is 65.7 Å². The second-order valence-electron chi connectivity index (χ2n) is 10.00. The first-order chi connectivity index (χ1) is 16.3. The Balaban J connectivity index is 1.73. The highest BCUT2D eigenvalue weighted by Crippen LogP contribution is 2.63. The number of aryl methyl sites for hydroxylation is 2. The summed E-state index contributed by atoms with van der Waals surface area (Å²) >= 11 is 13.7. The lowest BCUT2D eigenvalue weighted by Crippen LogP contribution is -2.45. The molecule has 3 heteroatoms. The summed E-state index contributed by atoms with van der Waals surface area (Å²) in [7, 11) is 4.16. The molecule has 0 fully saturated rings. The average Bonchev–Trinajstić information content (AvgIpc) is 2.81. The first kappa shape index (κ1) is 21.8. The van der Waals surface area contributed by atoms with E-state index in [1.54, 1.807) is 0 Å². The van der Waals surface area contributed by atoms with Crippen LogP contribution in [0.1, 0.15) is 56.0 Å². The van der Waals surface area contributed by atoms with Crippen molar-refractivity contribution in [1.82, 2.24) is 0 Å². The van der Waals surface area contributed by atoms with Crippen molar-refractivity contribution in [3.63, 3.8) is 0 Å². The van der Waals surface area contributed by atoms with Crippen molar-refractivity contribution < 1.29 is 0 Å². The van der Waals surface area contributed by atoms with Gasteiger partial charge in [0.2, 0.25) is 0 Å². The summed E-state index contributed by atoms with van der Waals surface area (Å²) in [4.78, 5) is 2.14. The van der Waals surface area contributed by atoms with Crippen LogP contribution in [-0.2, 0) is 11.8 Å². The molecule has 0 N–H and O–H groups in total. The average molecular weight is 484 g/mol. The zero-order valence-electron chi connectivity index (χ0n) is 19.9. The van der Waals surface area contributed by atoms with E-state index in [4.69, 9.17) is 23.2 Å². The van der Waals surface area contributed by atoms with Crippen LogP contribution >= 0.6 is 23.2 Å². The molecule has 1 nitrogen and oxygen atoms in total. The van der Waals surface area contributed by atoms with E-state index in [2.05, 4.69) is 99.6 Å². The normalized spacial score (nSPS) is 19.4. The van der Waals surface area contributed by atoms with Crippen molar-refractivity contribution in [3.8, 4) is 0 Å². The van der Waals surface area contributed by atoms with Crippen molar-refractivity contribution >= 4 is 28.9 Å². The molecule has 34 heavy (non-hydrogen) atoms. The standard InChI is InChI=1S/C31H27Cl2N/c1-18-8-9-19(2)29-27(18)28-23-6-5-7-26(33)30(23)31(29,25-15-12-21(32)16-24(25)28)17-20-10-13-22(14-11-20)34(3)4/h5-16,28H,17H2,1-4H3. The number of nitrogens with zero attached hydrogens (tertiary/aromatic N) is 1. The van der Waals surface area contributed by atoms with Crippen LogP contribution in [-0.4, -0.2) is 14.1 Å². The lowest BCUT2D eigenvalue weighted by molar-refractivity contribution is 0.535. The largest absolute Gasteiger partial charge is 0.378 e. The Labute approximate surface area is 212 Å². The van der Waals surface area contributed by atoms with E-state index < -0.39 is 0 Å². The fourth-order valence-electron chi connectivity index (χ4n) is 6.53. The molecule has 2 unspecified atom stereocenters. The molecule has 0 radical (unpaired) electrons. The van der Waals surface area contributed by atoms with Gasteiger partial charge in [0.05, 0.1) is 5.41 Å². The van der Waals surface area contributed by atoms with Gasteiger partial charge in [-0.05, 0) is 101 Å². The van der Waals surface area contributed by atoms with E-state index in [1.165, 1.54) is 55.8 Å². The molecule has 170 valence electrons. The van der Waals surface area contributed by atoms with Crippen LogP contribution in [0.25, 0.3) is 0 Å². The van der Waals surface area contributed by atoms with Gasteiger partial charge in [-0.15, -0.1) is 0 Å². The summed E-state index contributed by atoms with van der Waals surface area (Å²) in [6.45, 7) is 4.50. The third-order valence-electron chi connectivity index (χ3n) is 7.88. The van der Waals surface area contributed by atoms with Crippen LogP contribution in [0.15, 0.2) is 72.8 Å². The van der Waals surface area contributed by atoms with E-state index in [-0.39, 0.29) is 11.3 Å². The molecule has 3 aliphatic carbocycles. The van der Waals surface area contributed by atoms with E-state index in [9.17, 15) is 0 Å². The molecule has 2 atom stereocenters. The predicted molar refractivity (Wildman–Crippen MR) is 144 cm³/mol. The van der Waals surface area contributed by atoms with Gasteiger partial charge in [0.1, 0.15) is 0 Å². The molecule has 7 rings (SSSR count). The monoisotopic (exact) mass is 483 g/mol. The Hall–Kier alpha value is -2.74. The molecule has 0 spiro atoms. The fourth-order valence-corrected chi connectivity index (χ4v) is 7.05. The van der Waals surface area contributed by atoms with Crippen molar-refractivity contribution in [2.24, 2.45) is 0 Å². The number of anilines is 1. The summed E-state index contributed by atoms with van der Waals surface area (Å²) in [5, 5.41) is 1.63. The van der Waals surface area contributed by atoms with Crippen molar-refractivity contribution in [1.29, 1.82) is 0 Å². The Bertz CT molecular complexity index is 1450. The number of halogens is 2. The highest BCUT2D eigenvalue weighted by Gasteiger charge is 2.53. The fraction of sp³-hybridized carbons (Fsp3) is 0.226. The van der Waals surface area contributed by atoms with Crippen LogP contribution in [0.4, 0.5) is 5.69 Å². The predicted octanol–water partition coefficient (Wildman–Crippen LogP) is 8.06. The molecule has 2 bridgehead atoms. The number of hydrogen-bond donors (Lipinski definition) is 0. The second kappa shape index (κ2) is 7.63. The minimum absolute atomic E-state index is 0.148. The van der Waals surface area contributed by atoms with Crippen LogP contribution in [0.2, 0.25) is 10.0 Å². The molecule has 0 heterocycles. The maximum atomic E-state index is 7.08. The summed E-state index contributed by atoms with van der Waals surface area (Å²) in [5.74, 6) is 0.148. The number of benzene rings is 4. The quantitative estimate of drug-likeness (QED) is 0.284. The van der Waals surface area contributed by atoms with Crippen LogP contribution in [0, 0.1) is 13.8 Å². The lowest BCUT2D eigenvalue weighted by Gasteiger charge is -2.52. The van der Waals surface area contributed by atoms with Gasteiger partial charge in [0.25, 0.3) is 0 Å². The zero-order valence-corrected chi connectivity index (χ0v) is 21.4. The van der Waals surface area contributed by atoms with Crippen molar-refractivity contribution in [2.75, 3.05) is 19.0 Å². The van der Waals surface area contributed by atoms with Gasteiger partial charge in [0, 0.05) is 35.7 Å². The summed E-state index contributed by atoms with van der Waals surface area (Å²) < 4.78 is 0. The van der Waals surface area contributed by atoms with Gasteiger partial charge in [-0.25, -0.2) is 0 Å². The first-order valence-corrected chi connectivity index (χ1v) is 12.5. The van der Waals surface area contributed by atoms with E-state index >= 15 is 0 Å². The minimum Gasteiger partial charge on any atom is -0.378 e. The maximum Gasteiger partial charge on any atom is 0.0518 e. The molecule has 4 aromatic rings. The van der Waals surface area contributed by atoms with E-state index in [0.717, 1.165) is 16.5 Å². The van der Waals surface area contributed by atoms with Crippen molar-refractivity contribution in [3.05, 3.63) is 133 Å². The highest BCUT2D eigenvalue weighted by atomic mass is 35.5. The summed E-state index contributed by atoms with van der Waals surface area (Å²) in [6.07, 6.45) is 0.843. The Morgan fingerprint density at radius 3 is 2.26 bits per heavy atom. The molecule has 3 aliphatic rings. The smallest absolute Gasteiger partial charge is 0.0518 e. The number of hydrogen-bond acceptors (Lipinski definition) is 1. The number of rotatable bonds is 3. The molecule has 0 saturated carbocycles. The van der Waals surface area contributed by atoms with Gasteiger partial charge >= 0.3 is 0 Å². The maximum absolute atomic E-state index is 7.08. The van der Waals surface area contributed by atoms with Gasteiger partial charge < -0.3 is 4.90 Å². The molecule has 0 amide bonds. The Morgan fingerprint density at radius 1 is 0.794 bits per heavy atom. The molecule has 0 aromatic heterocycles. The third-order valence-corrected chi connectivity index (χ3v) is 8.43. The zero-order chi connectivity index (χ0) is 23.8. The van der Waals surface area contributed by atoms with Crippen molar-refractivity contribution in [2.45, 2.75) is 31.6 Å². The molecule has 4 aromatic carbocycles. The van der Waals surface area contributed by atoms with Gasteiger partial charge in [-0.3, -0.25) is 0 Å². The van der Waals surface area contributed by atoms with E-state index in [1.807, 2.05) is 6.07 Å². The lowest BCUT2D eigenvalue weighted by atomic mass is 9.50. The molecular formula is C31H27Cl2N. The first-order valence-electron chi connectivity index (χ1n) is 11.8. The SMILES string of the molecule is Cc1ccc(C)c2c1C1c3cc(Cl)ccc3C2(Cc2ccc(N(C)C)cc2)c2c(Cl)cccc21. The molecule has 0 aliphatic heterocycles. The molecular weight excluding hydrogens is 457 g/mol.